The van der Waals surface area contributed by atoms with Crippen molar-refractivity contribution in [2.75, 3.05) is 0 Å². The molecule has 0 aliphatic rings. The maximum Gasteiger partial charge on any atom is 0.330 e. The molecule has 4 nitrogen and oxygen atoms in total. The molecule has 0 aromatic rings. The summed E-state index contributed by atoms with van der Waals surface area (Å²) in [6.45, 7) is 3.19. The third kappa shape index (κ3) is 4.02. The molecule has 4 heteroatoms. The molecule has 0 atom stereocenters. The minimum absolute atomic E-state index is 0.0346. The van der Waals surface area contributed by atoms with E-state index in [1.165, 1.54) is 0 Å². The van der Waals surface area contributed by atoms with Crippen LogP contribution in [0.1, 0.15) is 12.8 Å². The van der Waals surface area contributed by atoms with Gasteiger partial charge in [0.25, 0.3) is 0 Å². The molecular weight excluding hydrogens is 148 g/mol. The van der Waals surface area contributed by atoms with Crippen LogP contribution in [0.4, 0.5) is 0 Å². The molecule has 0 aromatic heterocycles. The lowest BCUT2D eigenvalue weighted by Gasteiger charge is -1.94. The van der Waals surface area contributed by atoms with E-state index in [9.17, 15) is 14.4 Å². The first-order chi connectivity index (χ1) is 5.07. The number of carboxylic acid groups (broad SMARTS) is 1. The number of aliphatic carboxylic acids is 1. The van der Waals surface area contributed by atoms with E-state index in [4.69, 9.17) is 5.11 Å². The Bertz CT molecular complexity index is 204. The Kier molecular flexibility index (Phi) is 3.80. The summed E-state index contributed by atoms with van der Waals surface area (Å²) in [6, 6.07) is 0. The van der Waals surface area contributed by atoms with Gasteiger partial charge in [-0.2, -0.15) is 0 Å². The van der Waals surface area contributed by atoms with Gasteiger partial charge in [0.15, 0.2) is 12.1 Å². The molecule has 0 unspecified atom stereocenters. The van der Waals surface area contributed by atoms with Gasteiger partial charge in [-0.05, 0) is 6.42 Å². The molecular formula is C7H8O4. The summed E-state index contributed by atoms with van der Waals surface area (Å²) in [6.07, 6.45) is 0.136. The second kappa shape index (κ2) is 4.38. The van der Waals surface area contributed by atoms with Crippen LogP contribution in [0, 0.1) is 0 Å². The smallest absolute Gasteiger partial charge is 0.330 e. The van der Waals surface area contributed by atoms with Crippen molar-refractivity contribution >= 4 is 18.0 Å². The summed E-state index contributed by atoms with van der Waals surface area (Å²) in [5, 5.41) is 8.27. The molecule has 0 fully saturated rings. The van der Waals surface area contributed by atoms with E-state index in [2.05, 4.69) is 6.58 Å². The van der Waals surface area contributed by atoms with Crippen LogP contribution in [0.2, 0.25) is 0 Å². The van der Waals surface area contributed by atoms with Crippen LogP contribution in [0.5, 0.6) is 0 Å². The van der Waals surface area contributed by atoms with Crippen molar-refractivity contribution in [2.45, 2.75) is 12.8 Å². The number of carbonyl (C=O) groups excluding carboxylic acids is 2. The van der Waals surface area contributed by atoms with Crippen LogP contribution in [-0.2, 0) is 14.4 Å². The van der Waals surface area contributed by atoms with Crippen molar-refractivity contribution in [1.82, 2.24) is 0 Å². The fourth-order valence-electron chi connectivity index (χ4n) is 0.440. The highest BCUT2D eigenvalue weighted by atomic mass is 16.4. The maximum atomic E-state index is 10.3. The Morgan fingerprint density at radius 1 is 1.36 bits per heavy atom. The first-order valence-electron chi connectivity index (χ1n) is 2.97. The normalized spacial score (nSPS) is 8.73. The van der Waals surface area contributed by atoms with Gasteiger partial charge < -0.3 is 5.11 Å². The highest BCUT2D eigenvalue weighted by Gasteiger charge is 2.06. The summed E-state index contributed by atoms with van der Waals surface area (Å²) in [5.41, 5.74) is -0.0554. The van der Waals surface area contributed by atoms with Gasteiger partial charge in [0.05, 0.1) is 0 Å². The molecule has 0 heterocycles. The van der Waals surface area contributed by atoms with Crippen molar-refractivity contribution in [3.05, 3.63) is 12.2 Å². The maximum absolute atomic E-state index is 10.3. The monoisotopic (exact) mass is 156 g/mol. The van der Waals surface area contributed by atoms with Crippen LogP contribution >= 0.6 is 0 Å². The zero-order valence-corrected chi connectivity index (χ0v) is 5.87. The first-order valence-corrected chi connectivity index (χ1v) is 2.97. The Balaban J connectivity index is 3.71. The third-order valence-electron chi connectivity index (χ3n) is 1.11. The van der Waals surface area contributed by atoms with Crippen LogP contribution in [0.25, 0.3) is 0 Å². The highest BCUT2D eigenvalue weighted by Crippen LogP contribution is 2.01. The predicted molar refractivity (Wildman–Crippen MR) is 37.1 cm³/mol. The van der Waals surface area contributed by atoms with E-state index < -0.39 is 11.8 Å². The van der Waals surface area contributed by atoms with Crippen molar-refractivity contribution in [1.29, 1.82) is 0 Å². The number of hydrogen-bond acceptors (Lipinski definition) is 3. The number of hydrogen-bond donors (Lipinski definition) is 1. The third-order valence-corrected chi connectivity index (χ3v) is 1.11. The Morgan fingerprint density at radius 3 is 2.27 bits per heavy atom. The summed E-state index contributed by atoms with van der Waals surface area (Å²) in [4.78, 5) is 30.2. The number of Topliss-reactive ketones (excluding diaryl/α,β-unsaturated/α-hetero) is 1. The molecule has 0 radical (unpaired) electrons. The molecule has 0 rings (SSSR count). The van der Waals surface area contributed by atoms with Crippen LogP contribution in [-0.4, -0.2) is 23.1 Å². The van der Waals surface area contributed by atoms with E-state index in [-0.39, 0.29) is 24.7 Å². The molecule has 0 aromatic carbocycles. The zero-order valence-electron chi connectivity index (χ0n) is 5.87. The summed E-state index contributed by atoms with van der Waals surface area (Å²) >= 11 is 0. The van der Waals surface area contributed by atoms with E-state index in [1.54, 1.807) is 0 Å². The number of ketones is 1. The topological polar surface area (TPSA) is 71.4 Å². The predicted octanol–water partition coefficient (Wildman–Crippen LogP) is 0.175. The molecule has 0 aliphatic carbocycles. The van der Waals surface area contributed by atoms with Gasteiger partial charge in [0.2, 0.25) is 0 Å². The quantitative estimate of drug-likeness (QED) is 0.350. The minimum Gasteiger partial charge on any atom is -0.478 e. The Morgan fingerprint density at radius 2 is 1.91 bits per heavy atom. The van der Waals surface area contributed by atoms with E-state index >= 15 is 0 Å². The van der Waals surface area contributed by atoms with Crippen molar-refractivity contribution < 1.29 is 19.5 Å². The number of rotatable bonds is 5. The zero-order chi connectivity index (χ0) is 8.85. The molecule has 0 amide bonds. The average Bonchev–Trinajstić information content (AvgIpc) is 1.99. The lowest BCUT2D eigenvalue weighted by Crippen LogP contribution is -2.03. The van der Waals surface area contributed by atoms with Gasteiger partial charge in [-0.25, -0.2) is 4.79 Å². The molecule has 0 saturated carbocycles. The standard InChI is InChI=1S/C7H8O4/c1-5(7(10)11)2-3-6(9)4-8/h4H,1-3H2,(H,10,11). The number of aldehydes is 1. The summed E-state index contributed by atoms with van der Waals surface area (Å²) in [5.74, 6) is -1.74. The van der Waals surface area contributed by atoms with E-state index in [0.717, 1.165) is 0 Å². The molecule has 11 heavy (non-hydrogen) atoms. The van der Waals surface area contributed by atoms with Gasteiger partial charge in [0.1, 0.15) is 0 Å². The SMILES string of the molecule is C=C(CCC(=O)C=O)C(=O)O. The molecule has 0 aliphatic heterocycles. The van der Waals surface area contributed by atoms with Crippen LogP contribution in [0.15, 0.2) is 12.2 Å². The Hall–Kier alpha value is -1.45. The Labute approximate surface area is 63.5 Å². The highest BCUT2D eigenvalue weighted by molar-refractivity contribution is 6.25. The van der Waals surface area contributed by atoms with Crippen molar-refractivity contribution in [3.63, 3.8) is 0 Å². The van der Waals surface area contributed by atoms with Gasteiger partial charge in [-0.15, -0.1) is 0 Å². The molecule has 0 bridgehead atoms. The number of carboxylic acids is 1. The molecule has 1 N–H and O–H groups in total. The van der Waals surface area contributed by atoms with Crippen molar-refractivity contribution in [3.8, 4) is 0 Å². The fourth-order valence-corrected chi connectivity index (χ4v) is 0.440. The van der Waals surface area contributed by atoms with Crippen LogP contribution in [0.3, 0.4) is 0 Å². The molecule has 0 spiro atoms. The largest absolute Gasteiger partial charge is 0.478 e. The second-order valence-corrected chi connectivity index (χ2v) is 1.99. The minimum atomic E-state index is -1.14. The lowest BCUT2D eigenvalue weighted by molar-refractivity contribution is -0.133. The van der Waals surface area contributed by atoms with E-state index in [0.29, 0.717) is 0 Å². The average molecular weight is 156 g/mol. The lowest BCUT2D eigenvalue weighted by atomic mass is 10.1. The first kappa shape index (κ1) is 9.55. The van der Waals surface area contributed by atoms with Crippen LogP contribution < -0.4 is 0 Å². The second-order valence-electron chi connectivity index (χ2n) is 1.99. The van der Waals surface area contributed by atoms with Crippen molar-refractivity contribution in [2.24, 2.45) is 0 Å². The summed E-state index contributed by atoms with van der Waals surface area (Å²) in [7, 11) is 0. The molecule has 0 saturated heterocycles. The van der Waals surface area contributed by atoms with E-state index in [1.807, 2.05) is 0 Å². The van der Waals surface area contributed by atoms with Gasteiger partial charge in [-0.1, -0.05) is 6.58 Å². The fraction of sp³-hybridized carbons (Fsp3) is 0.286. The van der Waals surface area contributed by atoms with Gasteiger partial charge in [-0.3, -0.25) is 9.59 Å². The summed E-state index contributed by atoms with van der Waals surface area (Å²) < 4.78 is 0. The number of carbonyl (C=O) groups is 3. The van der Waals surface area contributed by atoms with Gasteiger partial charge >= 0.3 is 5.97 Å². The molecule has 60 valence electrons. The van der Waals surface area contributed by atoms with Gasteiger partial charge in [0, 0.05) is 12.0 Å².